The van der Waals surface area contributed by atoms with Crippen molar-refractivity contribution in [2.75, 3.05) is 23.8 Å². The molecule has 4 heteroatoms. The number of benzene rings is 1. The molecule has 0 bridgehead atoms. The van der Waals surface area contributed by atoms with E-state index in [0.29, 0.717) is 5.69 Å². The Bertz CT molecular complexity index is 405. The topological polar surface area (TPSA) is 55.1 Å². The van der Waals surface area contributed by atoms with Gasteiger partial charge in [-0.2, -0.15) is 11.8 Å². The second kappa shape index (κ2) is 8.64. The average molecular weight is 264 g/mol. The van der Waals surface area contributed by atoms with Crippen LogP contribution in [-0.2, 0) is 4.79 Å². The van der Waals surface area contributed by atoms with E-state index in [0.717, 1.165) is 30.0 Å². The Balaban J connectivity index is 2.27. The van der Waals surface area contributed by atoms with Crippen molar-refractivity contribution in [2.45, 2.75) is 13.3 Å². The summed E-state index contributed by atoms with van der Waals surface area (Å²) in [6, 6.07) is 7.44. The average Bonchev–Trinajstić information content (AvgIpc) is 2.36. The van der Waals surface area contributed by atoms with Crippen molar-refractivity contribution >= 4 is 29.4 Å². The summed E-state index contributed by atoms with van der Waals surface area (Å²) < 4.78 is 0. The predicted molar refractivity (Wildman–Crippen MR) is 80.5 cm³/mol. The second-order valence-corrected chi connectivity index (χ2v) is 5.24. The third kappa shape index (κ3) is 6.35. The molecule has 18 heavy (non-hydrogen) atoms. The Morgan fingerprint density at radius 2 is 2.33 bits per heavy atom. The molecule has 98 valence electrons. The zero-order valence-electron chi connectivity index (χ0n) is 10.7. The van der Waals surface area contributed by atoms with E-state index in [1.165, 1.54) is 0 Å². The Morgan fingerprint density at radius 3 is 3.06 bits per heavy atom. The van der Waals surface area contributed by atoms with Crippen LogP contribution in [0.1, 0.15) is 18.9 Å². The van der Waals surface area contributed by atoms with Crippen molar-refractivity contribution in [1.82, 2.24) is 5.32 Å². The van der Waals surface area contributed by atoms with Crippen LogP contribution in [-0.4, -0.2) is 24.0 Å². The van der Waals surface area contributed by atoms with E-state index in [4.69, 9.17) is 5.73 Å². The van der Waals surface area contributed by atoms with Crippen LogP contribution in [0.2, 0.25) is 0 Å². The molecule has 0 radical (unpaired) electrons. The number of carbonyl (C=O) groups excluding carboxylic acids is 1. The van der Waals surface area contributed by atoms with Gasteiger partial charge in [0.05, 0.1) is 0 Å². The summed E-state index contributed by atoms with van der Waals surface area (Å²) in [5.74, 6) is 2.16. The van der Waals surface area contributed by atoms with Crippen molar-refractivity contribution in [3.63, 3.8) is 0 Å². The molecule has 0 unspecified atom stereocenters. The third-order valence-electron chi connectivity index (χ3n) is 2.31. The lowest BCUT2D eigenvalue weighted by atomic mass is 10.2. The second-order valence-electron chi connectivity index (χ2n) is 3.84. The summed E-state index contributed by atoms with van der Waals surface area (Å²) in [6.07, 6.45) is 4.32. The molecule has 3 N–H and O–H groups in total. The van der Waals surface area contributed by atoms with Crippen LogP contribution >= 0.6 is 11.8 Å². The lowest BCUT2D eigenvalue weighted by Crippen LogP contribution is -2.22. The molecule has 1 aromatic rings. The van der Waals surface area contributed by atoms with Gasteiger partial charge in [-0.15, -0.1) is 0 Å². The van der Waals surface area contributed by atoms with Gasteiger partial charge >= 0.3 is 0 Å². The summed E-state index contributed by atoms with van der Waals surface area (Å²) in [7, 11) is 0. The normalized spacial score (nSPS) is 10.7. The lowest BCUT2D eigenvalue weighted by Gasteiger charge is -2.01. The summed E-state index contributed by atoms with van der Waals surface area (Å²) in [5.41, 5.74) is 7.29. The van der Waals surface area contributed by atoms with Gasteiger partial charge < -0.3 is 11.1 Å². The van der Waals surface area contributed by atoms with Crippen molar-refractivity contribution in [2.24, 2.45) is 0 Å². The highest BCUT2D eigenvalue weighted by atomic mass is 32.2. The number of anilines is 1. The van der Waals surface area contributed by atoms with Crippen molar-refractivity contribution < 1.29 is 4.79 Å². The van der Waals surface area contributed by atoms with Crippen LogP contribution in [0.4, 0.5) is 5.69 Å². The van der Waals surface area contributed by atoms with Gasteiger partial charge in [-0.25, -0.2) is 0 Å². The SMILES string of the molecule is CCSCCCNC(=O)/C=C/c1cccc(N)c1. The molecule has 0 aliphatic carbocycles. The molecule has 0 aromatic heterocycles. The van der Waals surface area contributed by atoms with E-state index in [9.17, 15) is 4.79 Å². The van der Waals surface area contributed by atoms with Crippen LogP contribution in [0.3, 0.4) is 0 Å². The third-order valence-corrected chi connectivity index (χ3v) is 3.29. The molecule has 1 aromatic carbocycles. The van der Waals surface area contributed by atoms with Crippen LogP contribution in [0.5, 0.6) is 0 Å². The first kappa shape index (κ1) is 14.6. The zero-order chi connectivity index (χ0) is 13.2. The lowest BCUT2D eigenvalue weighted by molar-refractivity contribution is -0.116. The quantitative estimate of drug-likeness (QED) is 0.452. The maximum atomic E-state index is 11.5. The minimum atomic E-state index is -0.0566. The first-order chi connectivity index (χ1) is 8.72. The molecule has 0 fully saturated rings. The van der Waals surface area contributed by atoms with Crippen molar-refractivity contribution in [3.05, 3.63) is 35.9 Å². The number of nitrogen functional groups attached to an aromatic ring is 1. The molecule has 0 spiro atoms. The van der Waals surface area contributed by atoms with Gasteiger partial charge in [0, 0.05) is 18.3 Å². The van der Waals surface area contributed by atoms with Crippen LogP contribution < -0.4 is 11.1 Å². The van der Waals surface area contributed by atoms with E-state index in [-0.39, 0.29) is 5.91 Å². The summed E-state index contributed by atoms with van der Waals surface area (Å²) in [5, 5.41) is 2.86. The zero-order valence-corrected chi connectivity index (χ0v) is 11.5. The van der Waals surface area contributed by atoms with Gasteiger partial charge in [0.2, 0.25) is 5.91 Å². The molecule has 0 aliphatic heterocycles. The Hall–Kier alpha value is -1.42. The summed E-state index contributed by atoms with van der Waals surface area (Å²) >= 11 is 1.89. The predicted octanol–water partition coefficient (Wildman–Crippen LogP) is 2.54. The van der Waals surface area contributed by atoms with Gasteiger partial charge in [-0.3, -0.25) is 4.79 Å². The molecule has 3 nitrogen and oxygen atoms in total. The van der Waals surface area contributed by atoms with Crippen molar-refractivity contribution in [1.29, 1.82) is 0 Å². The fraction of sp³-hybridized carbons (Fsp3) is 0.357. The Labute approximate surface area is 113 Å². The number of carbonyl (C=O) groups is 1. The van der Waals surface area contributed by atoms with Crippen LogP contribution in [0.25, 0.3) is 6.08 Å². The molecular formula is C14H20N2OS. The number of nitrogens with two attached hydrogens (primary N) is 1. The highest BCUT2D eigenvalue weighted by Crippen LogP contribution is 2.07. The van der Waals surface area contributed by atoms with Gasteiger partial charge in [-0.1, -0.05) is 19.1 Å². The smallest absolute Gasteiger partial charge is 0.243 e. The number of amides is 1. The molecule has 0 saturated carbocycles. The van der Waals surface area contributed by atoms with Gasteiger partial charge in [0.25, 0.3) is 0 Å². The van der Waals surface area contributed by atoms with Gasteiger partial charge in [-0.05, 0) is 41.7 Å². The fourth-order valence-corrected chi connectivity index (χ4v) is 2.06. The van der Waals surface area contributed by atoms with E-state index in [2.05, 4.69) is 12.2 Å². The number of nitrogens with one attached hydrogen (secondary N) is 1. The largest absolute Gasteiger partial charge is 0.399 e. The first-order valence-corrected chi connectivity index (χ1v) is 7.27. The Kier molecular flexibility index (Phi) is 7.03. The number of hydrogen-bond donors (Lipinski definition) is 2. The van der Waals surface area contributed by atoms with Crippen molar-refractivity contribution in [3.8, 4) is 0 Å². The molecule has 0 heterocycles. The number of thioether (sulfide) groups is 1. The summed E-state index contributed by atoms with van der Waals surface area (Å²) in [6.45, 7) is 2.87. The highest BCUT2D eigenvalue weighted by molar-refractivity contribution is 7.99. The van der Waals surface area contributed by atoms with E-state index < -0.39 is 0 Å². The maximum Gasteiger partial charge on any atom is 0.243 e. The van der Waals surface area contributed by atoms with Crippen LogP contribution in [0.15, 0.2) is 30.3 Å². The standard InChI is InChI=1S/C14H20N2OS/c1-2-18-10-4-9-16-14(17)8-7-12-5-3-6-13(15)11-12/h3,5-8,11H,2,4,9-10,15H2,1H3,(H,16,17)/b8-7+. The first-order valence-electron chi connectivity index (χ1n) is 6.11. The number of hydrogen-bond acceptors (Lipinski definition) is 3. The van der Waals surface area contributed by atoms with E-state index in [1.54, 1.807) is 12.2 Å². The molecule has 0 aliphatic rings. The Morgan fingerprint density at radius 1 is 1.50 bits per heavy atom. The van der Waals surface area contributed by atoms with Gasteiger partial charge in [0.15, 0.2) is 0 Å². The fourth-order valence-electron chi connectivity index (χ4n) is 1.42. The molecule has 0 atom stereocenters. The van der Waals surface area contributed by atoms with E-state index in [1.807, 2.05) is 36.0 Å². The number of rotatable bonds is 7. The monoisotopic (exact) mass is 264 g/mol. The van der Waals surface area contributed by atoms with Crippen LogP contribution in [0, 0.1) is 0 Å². The van der Waals surface area contributed by atoms with Gasteiger partial charge in [0.1, 0.15) is 0 Å². The maximum absolute atomic E-state index is 11.5. The summed E-state index contributed by atoms with van der Waals surface area (Å²) in [4.78, 5) is 11.5. The van der Waals surface area contributed by atoms with E-state index >= 15 is 0 Å². The molecule has 1 rings (SSSR count). The highest BCUT2D eigenvalue weighted by Gasteiger charge is 1.95. The molecule has 0 saturated heterocycles. The minimum Gasteiger partial charge on any atom is -0.399 e. The minimum absolute atomic E-state index is 0.0566. The molecule has 1 amide bonds. The molecular weight excluding hydrogens is 244 g/mol.